The molecule has 0 bridgehead atoms. The fourth-order valence-electron chi connectivity index (χ4n) is 3.16. The third-order valence-electron chi connectivity index (χ3n) is 4.82. The molecule has 1 aromatic heterocycles. The molecule has 0 atom stereocenters. The number of nitrogens with zero attached hydrogens (tertiary/aromatic N) is 1. The molecule has 0 saturated carbocycles. The lowest BCUT2D eigenvalue weighted by atomic mass is 10.1. The van der Waals surface area contributed by atoms with Crippen LogP contribution in [0.1, 0.15) is 27.8 Å². The molecule has 0 aliphatic heterocycles. The Hall–Kier alpha value is -3.69. The Labute approximate surface area is 206 Å². The molecule has 184 valence electrons. The number of aliphatic hydroxyl groups is 1. The Kier molecular flexibility index (Phi) is 8.99. The highest BCUT2D eigenvalue weighted by molar-refractivity contribution is 6.31. The summed E-state index contributed by atoms with van der Waals surface area (Å²) in [6.45, 7) is 1.77. The largest absolute Gasteiger partial charge is 0.493 e. The molecule has 0 radical (unpaired) electrons. The van der Waals surface area contributed by atoms with Gasteiger partial charge in [0.2, 0.25) is 0 Å². The summed E-state index contributed by atoms with van der Waals surface area (Å²) in [6, 6.07) is 11.7. The number of aromatic nitrogens is 1. The highest BCUT2D eigenvalue weighted by Crippen LogP contribution is 2.31. The van der Waals surface area contributed by atoms with E-state index in [4.69, 9.17) is 30.9 Å². The number of aliphatic hydroxyl groups excluding tert-OH is 1. The third kappa shape index (κ3) is 6.46. The van der Waals surface area contributed by atoms with Gasteiger partial charge in [-0.05, 0) is 55.5 Å². The van der Waals surface area contributed by atoms with Crippen LogP contribution >= 0.6 is 11.6 Å². The van der Waals surface area contributed by atoms with Gasteiger partial charge < -0.3 is 24.6 Å². The van der Waals surface area contributed by atoms with E-state index in [1.54, 1.807) is 19.1 Å². The molecule has 0 saturated heterocycles. The molecule has 0 fully saturated rings. The van der Waals surface area contributed by atoms with E-state index < -0.39 is 17.5 Å². The van der Waals surface area contributed by atoms with Crippen molar-refractivity contribution in [2.45, 2.75) is 6.92 Å². The molecular formula is C25H24ClFN2O6. The minimum atomic E-state index is -0.576. The Morgan fingerprint density at radius 2 is 1.83 bits per heavy atom. The molecule has 1 amide bonds. The number of amides is 1. The second-order valence-corrected chi connectivity index (χ2v) is 7.56. The maximum atomic E-state index is 13.6. The molecule has 0 unspecified atom stereocenters. The van der Waals surface area contributed by atoms with E-state index in [-0.39, 0.29) is 36.0 Å². The molecule has 0 spiro atoms. The predicted octanol–water partition coefficient (Wildman–Crippen LogP) is 3.93. The van der Waals surface area contributed by atoms with Gasteiger partial charge in [0.15, 0.2) is 17.3 Å². The van der Waals surface area contributed by atoms with E-state index in [0.717, 1.165) is 0 Å². The number of methoxy groups -OCH3 is 1. The number of carbonyl (C=O) groups is 2. The van der Waals surface area contributed by atoms with Crippen LogP contribution in [-0.2, 0) is 0 Å². The molecule has 3 aromatic rings. The first-order valence-electron chi connectivity index (χ1n) is 10.7. The normalized spacial score (nSPS) is 10.5. The molecule has 1 heterocycles. The summed E-state index contributed by atoms with van der Waals surface area (Å²) in [7, 11) is 1.43. The second kappa shape index (κ2) is 12.1. The van der Waals surface area contributed by atoms with Gasteiger partial charge in [-0.3, -0.25) is 9.59 Å². The van der Waals surface area contributed by atoms with Crippen molar-refractivity contribution in [1.82, 2.24) is 10.3 Å². The van der Waals surface area contributed by atoms with Crippen molar-refractivity contribution in [3.63, 3.8) is 0 Å². The van der Waals surface area contributed by atoms with Crippen LogP contribution in [0.15, 0.2) is 48.5 Å². The van der Waals surface area contributed by atoms with E-state index in [1.165, 1.54) is 43.5 Å². The van der Waals surface area contributed by atoms with E-state index >= 15 is 0 Å². The van der Waals surface area contributed by atoms with Crippen molar-refractivity contribution in [2.75, 3.05) is 33.5 Å². The number of rotatable bonds is 11. The monoisotopic (exact) mass is 502 g/mol. The first-order chi connectivity index (χ1) is 16.9. The van der Waals surface area contributed by atoms with Crippen molar-refractivity contribution in [3.8, 4) is 28.5 Å². The van der Waals surface area contributed by atoms with Gasteiger partial charge in [-0.1, -0.05) is 11.6 Å². The molecule has 0 aliphatic carbocycles. The van der Waals surface area contributed by atoms with Crippen LogP contribution in [-0.4, -0.2) is 55.3 Å². The molecule has 10 heteroatoms. The topological polar surface area (TPSA) is 107 Å². The first-order valence-corrected chi connectivity index (χ1v) is 11.1. The Morgan fingerprint density at radius 3 is 2.51 bits per heavy atom. The van der Waals surface area contributed by atoms with Gasteiger partial charge in [-0.25, -0.2) is 9.37 Å². The number of ether oxygens (including phenoxy) is 3. The lowest BCUT2D eigenvalue weighted by Gasteiger charge is -2.13. The number of halogens is 2. The van der Waals surface area contributed by atoms with E-state index in [0.29, 0.717) is 35.1 Å². The number of hydrogen-bond acceptors (Lipinski definition) is 7. The summed E-state index contributed by atoms with van der Waals surface area (Å²) in [4.78, 5) is 29.7. The SMILES string of the molecule is CCOc1ccc(C(=O)CNC(=O)c2ccc(OCCO)c(OC)c2)nc1-c1ccc(F)c(Cl)c1. The Bertz CT molecular complexity index is 1220. The van der Waals surface area contributed by atoms with E-state index in [2.05, 4.69) is 10.3 Å². The second-order valence-electron chi connectivity index (χ2n) is 7.15. The Morgan fingerprint density at radius 1 is 1.06 bits per heavy atom. The van der Waals surface area contributed by atoms with Gasteiger partial charge in [0.1, 0.15) is 29.6 Å². The highest BCUT2D eigenvalue weighted by Gasteiger charge is 2.17. The van der Waals surface area contributed by atoms with Crippen molar-refractivity contribution in [3.05, 3.63) is 70.6 Å². The summed E-state index contributed by atoms with van der Waals surface area (Å²) in [6.07, 6.45) is 0. The van der Waals surface area contributed by atoms with Crippen LogP contribution in [0, 0.1) is 5.82 Å². The van der Waals surface area contributed by atoms with Gasteiger partial charge >= 0.3 is 0 Å². The average molecular weight is 503 g/mol. The summed E-state index contributed by atoms with van der Waals surface area (Å²) in [5, 5.41) is 11.4. The molecular weight excluding hydrogens is 479 g/mol. The zero-order valence-electron chi connectivity index (χ0n) is 19.1. The number of benzene rings is 2. The van der Waals surface area contributed by atoms with Gasteiger partial charge in [0, 0.05) is 11.1 Å². The standard InChI is InChI=1S/C25H24ClFN2O6/c1-3-34-22-9-7-19(29-24(22)15-4-6-18(27)17(26)12-15)20(31)14-28-25(32)16-5-8-21(35-11-10-30)23(13-16)33-2/h4-9,12-13,30H,3,10-11,14H2,1-2H3,(H,28,32). The molecule has 3 rings (SSSR count). The molecule has 8 nitrogen and oxygen atoms in total. The minimum absolute atomic E-state index is 0.0810. The smallest absolute Gasteiger partial charge is 0.251 e. The summed E-state index contributed by atoms with van der Waals surface area (Å²) in [5.74, 6) is -0.416. The summed E-state index contributed by atoms with van der Waals surface area (Å²) < 4.78 is 29.8. The highest BCUT2D eigenvalue weighted by atomic mass is 35.5. The fraction of sp³-hybridized carbons (Fsp3) is 0.240. The fourth-order valence-corrected chi connectivity index (χ4v) is 3.34. The van der Waals surface area contributed by atoms with Crippen LogP contribution in [0.4, 0.5) is 4.39 Å². The van der Waals surface area contributed by atoms with Crippen LogP contribution in [0.25, 0.3) is 11.3 Å². The van der Waals surface area contributed by atoms with Crippen molar-refractivity contribution < 1.29 is 33.3 Å². The summed E-state index contributed by atoms with van der Waals surface area (Å²) >= 11 is 5.91. The van der Waals surface area contributed by atoms with Gasteiger partial charge in [-0.2, -0.15) is 0 Å². The third-order valence-corrected chi connectivity index (χ3v) is 5.11. The number of nitrogens with one attached hydrogen (secondary N) is 1. The number of pyridine rings is 1. The Balaban J connectivity index is 1.76. The average Bonchev–Trinajstić information content (AvgIpc) is 2.87. The van der Waals surface area contributed by atoms with E-state index in [1.807, 2.05) is 0 Å². The van der Waals surface area contributed by atoms with Crippen LogP contribution < -0.4 is 19.5 Å². The van der Waals surface area contributed by atoms with E-state index in [9.17, 15) is 14.0 Å². The number of hydrogen-bond donors (Lipinski definition) is 2. The summed E-state index contributed by atoms with van der Waals surface area (Å²) in [5.41, 5.74) is 1.16. The zero-order valence-corrected chi connectivity index (χ0v) is 19.9. The first kappa shape index (κ1) is 25.9. The molecule has 35 heavy (non-hydrogen) atoms. The number of ketones is 1. The van der Waals surface area contributed by atoms with Crippen LogP contribution in [0.3, 0.4) is 0 Å². The van der Waals surface area contributed by atoms with Gasteiger partial charge in [-0.15, -0.1) is 0 Å². The molecule has 2 N–H and O–H groups in total. The lowest BCUT2D eigenvalue weighted by molar-refractivity contribution is 0.0902. The molecule has 2 aromatic carbocycles. The quantitative estimate of drug-likeness (QED) is 0.382. The zero-order chi connectivity index (χ0) is 25.4. The number of carbonyl (C=O) groups excluding carboxylic acids is 2. The van der Waals surface area contributed by atoms with Gasteiger partial charge in [0.05, 0.1) is 31.9 Å². The lowest BCUT2D eigenvalue weighted by Crippen LogP contribution is -2.30. The maximum Gasteiger partial charge on any atom is 0.251 e. The van der Waals surface area contributed by atoms with Crippen LogP contribution in [0.5, 0.6) is 17.2 Å². The van der Waals surface area contributed by atoms with Crippen molar-refractivity contribution in [2.24, 2.45) is 0 Å². The minimum Gasteiger partial charge on any atom is -0.493 e. The molecule has 0 aliphatic rings. The number of Topliss-reactive ketones (excluding diaryl/α,β-unsaturated/α-hetero) is 1. The van der Waals surface area contributed by atoms with Crippen molar-refractivity contribution in [1.29, 1.82) is 0 Å². The van der Waals surface area contributed by atoms with Crippen LogP contribution in [0.2, 0.25) is 5.02 Å². The van der Waals surface area contributed by atoms with Gasteiger partial charge in [0.25, 0.3) is 5.91 Å². The maximum absolute atomic E-state index is 13.6. The van der Waals surface area contributed by atoms with Crippen molar-refractivity contribution >= 4 is 23.3 Å². The predicted molar refractivity (Wildman–Crippen MR) is 128 cm³/mol.